The van der Waals surface area contributed by atoms with Crippen LogP contribution >= 0.6 is 11.3 Å². The predicted molar refractivity (Wildman–Crippen MR) is 71.2 cm³/mol. The molecule has 3 nitrogen and oxygen atoms in total. The second-order valence-electron chi connectivity index (χ2n) is 4.94. The molecule has 0 radical (unpaired) electrons. The van der Waals surface area contributed by atoms with Gasteiger partial charge < -0.3 is 10.6 Å². The second kappa shape index (κ2) is 5.65. The van der Waals surface area contributed by atoms with Gasteiger partial charge in [-0.25, -0.2) is 0 Å². The van der Waals surface area contributed by atoms with E-state index in [2.05, 4.69) is 41.3 Å². The van der Waals surface area contributed by atoms with Gasteiger partial charge in [0, 0.05) is 6.04 Å². The first kappa shape index (κ1) is 12.6. The minimum Gasteiger partial charge on any atom is -0.352 e. The predicted octanol–water partition coefficient (Wildman–Crippen LogP) is 1.79. The molecule has 1 amide bonds. The fourth-order valence-electron chi connectivity index (χ4n) is 2.33. The molecule has 1 saturated heterocycles. The molecule has 0 bridgehead atoms. The number of amides is 1. The van der Waals surface area contributed by atoms with Crippen molar-refractivity contribution in [2.24, 2.45) is 5.92 Å². The highest BCUT2D eigenvalue weighted by Crippen LogP contribution is 2.15. The van der Waals surface area contributed by atoms with Crippen LogP contribution in [0.1, 0.15) is 25.8 Å². The average molecular weight is 252 g/mol. The summed E-state index contributed by atoms with van der Waals surface area (Å²) in [6, 6.07) is 2.32. The molecule has 2 heterocycles. The lowest BCUT2D eigenvalue weighted by Crippen LogP contribution is -2.47. The Labute approximate surface area is 107 Å². The Morgan fingerprint density at radius 1 is 1.71 bits per heavy atom. The van der Waals surface area contributed by atoms with Crippen LogP contribution in [0, 0.1) is 5.92 Å². The Bertz CT molecular complexity index is 364. The minimum absolute atomic E-state index is 0.0000697. The molecule has 17 heavy (non-hydrogen) atoms. The molecular formula is C13H20N2OS. The van der Waals surface area contributed by atoms with Crippen LogP contribution in [0.25, 0.3) is 0 Å². The summed E-state index contributed by atoms with van der Waals surface area (Å²) in [6.07, 6.45) is 2.01. The molecule has 1 aliphatic heterocycles. The standard InChI is InChI=1S/C13H20N2OS/c1-9-3-5-14-12(9)13(16)15-10(2)7-11-4-6-17-8-11/h4,6,8-10,12,14H,3,5,7H2,1-2H3,(H,15,16). The first-order chi connectivity index (χ1) is 8.16. The first-order valence-electron chi connectivity index (χ1n) is 6.21. The van der Waals surface area contributed by atoms with E-state index in [0.29, 0.717) is 5.92 Å². The third-order valence-electron chi connectivity index (χ3n) is 3.33. The summed E-state index contributed by atoms with van der Waals surface area (Å²) >= 11 is 1.70. The molecule has 0 aliphatic carbocycles. The normalized spacial score (nSPS) is 25.8. The molecule has 94 valence electrons. The van der Waals surface area contributed by atoms with E-state index in [4.69, 9.17) is 0 Å². The Hall–Kier alpha value is -0.870. The van der Waals surface area contributed by atoms with Gasteiger partial charge in [0.25, 0.3) is 0 Å². The maximum Gasteiger partial charge on any atom is 0.237 e. The molecule has 0 spiro atoms. The van der Waals surface area contributed by atoms with E-state index >= 15 is 0 Å². The quantitative estimate of drug-likeness (QED) is 0.858. The van der Waals surface area contributed by atoms with Crippen LogP contribution in [0.3, 0.4) is 0 Å². The van der Waals surface area contributed by atoms with Crippen LogP contribution in [-0.2, 0) is 11.2 Å². The highest BCUT2D eigenvalue weighted by molar-refractivity contribution is 7.07. The number of rotatable bonds is 4. The summed E-state index contributed by atoms with van der Waals surface area (Å²) in [5.41, 5.74) is 1.30. The molecule has 2 N–H and O–H groups in total. The molecule has 1 aromatic rings. The highest BCUT2D eigenvalue weighted by atomic mass is 32.1. The Balaban J connectivity index is 1.82. The third-order valence-corrected chi connectivity index (χ3v) is 4.06. The molecular weight excluding hydrogens is 232 g/mol. The van der Waals surface area contributed by atoms with Crippen molar-refractivity contribution in [1.29, 1.82) is 0 Å². The summed E-state index contributed by atoms with van der Waals surface area (Å²) in [4.78, 5) is 12.0. The first-order valence-corrected chi connectivity index (χ1v) is 7.16. The van der Waals surface area contributed by atoms with E-state index in [0.717, 1.165) is 19.4 Å². The van der Waals surface area contributed by atoms with E-state index < -0.39 is 0 Å². The van der Waals surface area contributed by atoms with Gasteiger partial charge in [-0.3, -0.25) is 4.79 Å². The maximum atomic E-state index is 12.0. The lowest BCUT2D eigenvalue weighted by atomic mass is 10.0. The van der Waals surface area contributed by atoms with Crippen molar-refractivity contribution < 1.29 is 4.79 Å². The van der Waals surface area contributed by atoms with Gasteiger partial charge in [0.2, 0.25) is 5.91 Å². The van der Waals surface area contributed by atoms with Crippen molar-refractivity contribution in [2.45, 2.75) is 38.8 Å². The summed E-state index contributed by atoms with van der Waals surface area (Å²) < 4.78 is 0. The van der Waals surface area contributed by atoms with Gasteiger partial charge in [0.1, 0.15) is 0 Å². The summed E-state index contributed by atoms with van der Waals surface area (Å²) in [7, 11) is 0. The Kier molecular flexibility index (Phi) is 4.18. The van der Waals surface area contributed by atoms with Crippen LogP contribution in [0.5, 0.6) is 0 Å². The lowest BCUT2D eigenvalue weighted by molar-refractivity contribution is -0.124. The van der Waals surface area contributed by atoms with Gasteiger partial charge in [0.15, 0.2) is 0 Å². The highest BCUT2D eigenvalue weighted by Gasteiger charge is 2.29. The molecule has 0 saturated carbocycles. The van der Waals surface area contributed by atoms with Crippen molar-refractivity contribution in [3.63, 3.8) is 0 Å². The van der Waals surface area contributed by atoms with Gasteiger partial charge in [-0.1, -0.05) is 6.92 Å². The molecule has 0 aromatic carbocycles. The Morgan fingerprint density at radius 3 is 3.12 bits per heavy atom. The second-order valence-corrected chi connectivity index (χ2v) is 5.72. The number of nitrogens with one attached hydrogen (secondary N) is 2. The molecule has 4 heteroatoms. The largest absolute Gasteiger partial charge is 0.352 e. The minimum atomic E-state index is -0.0000697. The van der Waals surface area contributed by atoms with Gasteiger partial charge >= 0.3 is 0 Å². The summed E-state index contributed by atoms with van der Waals surface area (Å²) in [5, 5.41) is 10.6. The molecule has 1 aromatic heterocycles. The lowest BCUT2D eigenvalue weighted by Gasteiger charge is -2.19. The monoisotopic (exact) mass is 252 g/mol. The molecule has 3 atom stereocenters. The zero-order valence-electron chi connectivity index (χ0n) is 10.4. The van der Waals surface area contributed by atoms with Crippen molar-refractivity contribution in [3.8, 4) is 0 Å². The van der Waals surface area contributed by atoms with E-state index in [1.165, 1.54) is 5.56 Å². The number of carbonyl (C=O) groups excluding carboxylic acids is 1. The van der Waals surface area contributed by atoms with Crippen LogP contribution in [-0.4, -0.2) is 24.5 Å². The zero-order valence-corrected chi connectivity index (χ0v) is 11.2. The topological polar surface area (TPSA) is 41.1 Å². The van der Waals surface area contributed by atoms with Crippen molar-refractivity contribution in [1.82, 2.24) is 10.6 Å². The van der Waals surface area contributed by atoms with Crippen molar-refractivity contribution in [2.75, 3.05) is 6.54 Å². The van der Waals surface area contributed by atoms with Crippen molar-refractivity contribution in [3.05, 3.63) is 22.4 Å². The molecule has 1 fully saturated rings. The average Bonchev–Trinajstić information content (AvgIpc) is 2.88. The summed E-state index contributed by atoms with van der Waals surface area (Å²) in [5.74, 6) is 0.598. The van der Waals surface area contributed by atoms with Crippen molar-refractivity contribution >= 4 is 17.2 Å². The zero-order chi connectivity index (χ0) is 12.3. The van der Waals surface area contributed by atoms with Gasteiger partial charge in [-0.2, -0.15) is 11.3 Å². The molecule has 2 rings (SSSR count). The van der Waals surface area contributed by atoms with Crippen LogP contribution in [0.4, 0.5) is 0 Å². The molecule has 1 aliphatic rings. The smallest absolute Gasteiger partial charge is 0.237 e. The molecule has 3 unspecified atom stereocenters. The van der Waals surface area contributed by atoms with E-state index in [-0.39, 0.29) is 18.0 Å². The fourth-order valence-corrected chi connectivity index (χ4v) is 3.01. The van der Waals surface area contributed by atoms with E-state index in [1.807, 2.05) is 0 Å². The SMILES string of the molecule is CC(Cc1ccsc1)NC(=O)C1NCCC1C. The number of thiophene rings is 1. The van der Waals surface area contributed by atoms with E-state index in [9.17, 15) is 4.79 Å². The fraction of sp³-hybridized carbons (Fsp3) is 0.615. The van der Waals surface area contributed by atoms with Crippen LogP contribution in [0.2, 0.25) is 0 Å². The summed E-state index contributed by atoms with van der Waals surface area (Å²) in [6.45, 7) is 5.15. The Morgan fingerprint density at radius 2 is 2.53 bits per heavy atom. The third kappa shape index (κ3) is 3.30. The number of carbonyl (C=O) groups is 1. The maximum absolute atomic E-state index is 12.0. The van der Waals surface area contributed by atoms with E-state index in [1.54, 1.807) is 11.3 Å². The van der Waals surface area contributed by atoms with Crippen LogP contribution in [0.15, 0.2) is 16.8 Å². The van der Waals surface area contributed by atoms with Gasteiger partial charge in [-0.05, 0) is 54.6 Å². The van der Waals surface area contributed by atoms with Crippen LogP contribution < -0.4 is 10.6 Å². The number of hydrogen-bond donors (Lipinski definition) is 2. The number of hydrogen-bond acceptors (Lipinski definition) is 3. The van der Waals surface area contributed by atoms with Gasteiger partial charge in [-0.15, -0.1) is 0 Å². The van der Waals surface area contributed by atoms with Gasteiger partial charge in [0.05, 0.1) is 6.04 Å².